The maximum atomic E-state index is 12.5. The SMILES string of the molecule is C=CCN(F)C(=O)C(=C)C(=O)O. The first-order valence-electron chi connectivity index (χ1n) is 3.01. The number of halogens is 1. The van der Waals surface area contributed by atoms with Gasteiger partial charge in [-0.25, -0.2) is 4.79 Å². The average Bonchev–Trinajstić information content (AvgIpc) is 2.02. The summed E-state index contributed by atoms with van der Waals surface area (Å²) < 4.78 is 12.5. The Morgan fingerprint density at radius 2 is 2.08 bits per heavy atom. The zero-order valence-electron chi connectivity index (χ0n) is 6.29. The first-order valence-corrected chi connectivity index (χ1v) is 3.01. The first-order chi connectivity index (χ1) is 5.50. The molecule has 0 rings (SSSR count). The highest BCUT2D eigenvalue weighted by atomic mass is 19.2. The van der Waals surface area contributed by atoms with E-state index in [-0.39, 0.29) is 11.7 Å². The molecule has 0 aliphatic heterocycles. The van der Waals surface area contributed by atoms with Crippen LogP contribution >= 0.6 is 0 Å². The Balaban J connectivity index is 4.29. The summed E-state index contributed by atoms with van der Waals surface area (Å²) >= 11 is 0. The minimum Gasteiger partial charge on any atom is -0.478 e. The molecule has 5 heteroatoms. The molecule has 12 heavy (non-hydrogen) atoms. The molecule has 4 nitrogen and oxygen atoms in total. The molecule has 0 radical (unpaired) electrons. The van der Waals surface area contributed by atoms with E-state index in [1.165, 1.54) is 0 Å². The van der Waals surface area contributed by atoms with Crippen LogP contribution in [0.2, 0.25) is 0 Å². The fourth-order valence-electron chi connectivity index (χ4n) is 0.434. The van der Waals surface area contributed by atoms with Crippen LogP contribution in [0.5, 0.6) is 0 Å². The standard InChI is InChI=1S/C7H8FNO3/c1-3-4-9(8)6(10)5(2)7(11)12/h3H,1-2,4H2,(H,11,12). The number of rotatable bonds is 4. The summed E-state index contributed by atoms with van der Waals surface area (Å²) in [6, 6.07) is 0. The van der Waals surface area contributed by atoms with Gasteiger partial charge in [0, 0.05) is 0 Å². The zero-order valence-corrected chi connectivity index (χ0v) is 6.29. The molecule has 1 N–H and O–H groups in total. The number of carboxylic acids is 1. The van der Waals surface area contributed by atoms with Crippen molar-refractivity contribution >= 4 is 11.9 Å². The minimum atomic E-state index is -1.54. The van der Waals surface area contributed by atoms with E-state index in [0.29, 0.717) is 0 Å². The Bertz CT molecular complexity index is 237. The first kappa shape index (κ1) is 10.3. The zero-order chi connectivity index (χ0) is 9.72. The highest BCUT2D eigenvalue weighted by Gasteiger charge is 2.20. The van der Waals surface area contributed by atoms with Gasteiger partial charge in [-0.15, -0.1) is 6.58 Å². The molecule has 0 aromatic rings. The number of amides is 1. The molecule has 0 spiro atoms. The normalized spacial score (nSPS) is 8.75. The van der Waals surface area contributed by atoms with Crippen LogP contribution in [0.4, 0.5) is 4.48 Å². The molecule has 0 atom stereocenters. The molecule has 0 bridgehead atoms. The van der Waals surface area contributed by atoms with E-state index in [4.69, 9.17) is 5.11 Å². The maximum absolute atomic E-state index is 12.5. The predicted molar refractivity (Wildman–Crippen MR) is 39.8 cm³/mol. The van der Waals surface area contributed by atoms with Crippen molar-refractivity contribution < 1.29 is 19.2 Å². The van der Waals surface area contributed by atoms with Crippen LogP contribution in [0, 0.1) is 0 Å². The largest absolute Gasteiger partial charge is 0.478 e. The lowest BCUT2D eigenvalue weighted by Gasteiger charge is -2.07. The Hall–Kier alpha value is -1.65. The van der Waals surface area contributed by atoms with Crippen molar-refractivity contribution in [1.29, 1.82) is 0 Å². The number of hydrogen-bond acceptors (Lipinski definition) is 2. The van der Waals surface area contributed by atoms with Gasteiger partial charge in [-0.2, -0.15) is 5.12 Å². The van der Waals surface area contributed by atoms with Crippen molar-refractivity contribution in [1.82, 2.24) is 5.12 Å². The summed E-state index contributed by atoms with van der Waals surface area (Å²) in [4.78, 5) is 20.8. The van der Waals surface area contributed by atoms with Crippen LogP contribution in [0.3, 0.4) is 0 Å². The van der Waals surface area contributed by atoms with Gasteiger partial charge in [-0.1, -0.05) is 17.1 Å². The van der Waals surface area contributed by atoms with Gasteiger partial charge < -0.3 is 5.11 Å². The molecule has 0 saturated heterocycles. The van der Waals surface area contributed by atoms with Gasteiger partial charge in [-0.05, 0) is 0 Å². The summed E-state index contributed by atoms with van der Waals surface area (Å²) in [5, 5.41) is 7.96. The second kappa shape index (κ2) is 4.27. The van der Waals surface area contributed by atoms with Crippen LogP contribution in [-0.2, 0) is 9.59 Å². The molecular formula is C7H8FNO3. The molecule has 1 amide bonds. The summed E-state index contributed by atoms with van der Waals surface area (Å²) in [5.41, 5.74) is -0.806. The molecule has 0 unspecified atom stereocenters. The number of carbonyl (C=O) groups is 2. The lowest BCUT2D eigenvalue weighted by atomic mass is 10.3. The molecule has 0 aromatic carbocycles. The fraction of sp³-hybridized carbons (Fsp3) is 0.143. The number of carboxylic acid groups (broad SMARTS) is 1. The average molecular weight is 173 g/mol. The smallest absolute Gasteiger partial charge is 0.340 e. The molecule has 0 saturated carbocycles. The summed E-state index contributed by atoms with van der Waals surface area (Å²) in [5.74, 6) is -2.80. The van der Waals surface area contributed by atoms with Crippen molar-refractivity contribution in [3.05, 3.63) is 24.8 Å². The van der Waals surface area contributed by atoms with Crippen molar-refractivity contribution in [2.75, 3.05) is 6.54 Å². The minimum absolute atomic E-state index is 0.274. The fourth-order valence-corrected chi connectivity index (χ4v) is 0.434. The molecular weight excluding hydrogens is 165 g/mol. The van der Waals surface area contributed by atoms with E-state index < -0.39 is 17.4 Å². The van der Waals surface area contributed by atoms with Gasteiger partial charge >= 0.3 is 5.97 Å². The number of aliphatic carboxylic acids is 1. The van der Waals surface area contributed by atoms with Gasteiger partial charge in [0.25, 0.3) is 5.91 Å². The molecule has 0 aliphatic carbocycles. The topological polar surface area (TPSA) is 57.6 Å². The third-order valence-electron chi connectivity index (χ3n) is 1.03. The van der Waals surface area contributed by atoms with Crippen LogP contribution in [0.15, 0.2) is 24.8 Å². The van der Waals surface area contributed by atoms with Crippen molar-refractivity contribution in [3.8, 4) is 0 Å². The van der Waals surface area contributed by atoms with Crippen molar-refractivity contribution in [2.24, 2.45) is 0 Å². The monoisotopic (exact) mass is 173 g/mol. The van der Waals surface area contributed by atoms with E-state index in [9.17, 15) is 14.1 Å². The van der Waals surface area contributed by atoms with Gasteiger partial charge in [0.2, 0.25) is 0 Å². The molecule has 0 fully saturated rings. The van der Waals surface area contributed by atoms with E-state index in [2.05, 4.69) is 13.2 Å². The van der Waals surface area contributed by atoms with E-state index in [0.717, 1.165) is 6.08 Å². The van der Waals surface area contributed by atoms with Crippen molar-refractivity contribution in [3.63, 3.8) is 0 Å². The third-order valence-corrected chi connectivity index (χ3v) is 1.03. The van der Waals surface area contributed by atoms with E-state index >= 15 is 0 Å². The second-order valence-corrected chi connectivity index (χ2v) is 1.92. The Kier molecular flexibility index (Phi) is 3.69. The van der Waals surface area contributed by atoms with Crippen LogP contribution in [0.25, 0.3) is 0 Å². The quantitative estimate of drug-likeness (QED) is 0.222. The lowest BCUT2D eigenvalue weighted by Crippen LogP contribution is -2.27. The van der Waals surface area contributed by atoms with E-state index in [1.807, 2.05) is 0 Å². The molecule has 66 valence electrons. The summed E-state index contributed by atoms with van der Waals surface area (Å²) in [6.45, 7) is 5.71. The maximum Gasteiger partial charge on any atom is 0.340 e. The van der Waals surface area contributed by atoms with Crippen LogP contribution in [0.1, 0.15) is 0 Å². The van der Waals surface area contributed by atoms with Crippen molar-refractivity contribution in [2.45, 2.75) is 0 Å². The van der Waals surface area contributed by atoms with Crippen LogP contribution in [-0.4, -0.2) is 28.6 Å². The Morgan fingerprint density at radius 1 is 1.58 bits per heavy atom. The number of nitrogens with zero attached hydrogens (tertiary/aromatic N) is 1. The number of hydrogen-bond donors (Lipinski definition) is 1. The van der Waals surface area contributed by atoms with Crippen LogP contribution < -0.4 is 0 Å². The Labute approximate surface area is 68.5 Å². The van der Waals surface area contributed by atoms with Gasteiger partial charge in [-0.3, -0.25) is 4.79 Å². The number of carbonyl (C=O) groups excluding carboxylic acids is 1. The van der Waals surface area contributed by atoms with Gasteiger partial charge in [0.15, 0.2) is 0 Å². The van der Waals surface area contributed by atoms with Gasteiger partial charge in [0.05, 0.1) is 6.54 Å². The highest BCUT2D eigenvalue weighted by molar-refractivity contribution is 6.14. The summed E-state index contributed by atoms with van der Waals surface area (Å²) in [6.07, 6.45) is 1.13. The van der Waals surface area contributed by atoms with Gasteiger partial charge in [0.1, 0.15) is 5.57 Å². The third kappa shape index (κ3) is 2.53. The summed E-state index contributed by atoms with van der Waals surface area (Å²) in [7, 11) is 0. The molecule has 0 heterocycles. The highest BCUT2D eigenvalue weighted by Crippen LogP contribution is 2.00. The lowest BCUT2D eigenvalue weighted by molar-refractivity contribution is -0.145. The predicted octanol–water partition coefficient (Wildman–Crippen LogP) is 0.526. The second-order valence-electron chi connectivity index (χ2n) is 1.92. The Morgan fingerprint density at radius 3 is 2.42 bits per heavy atom. The molecule has 0 aromatic heterocycles. The van der Waals surface area contributed by atoms with E-state index in [1.54, 1.807) is 0 Å². The molecule has 0 aliphatic rings.